The highest BCUT2D eigenvalue weighted by Crippen LogP contribution is 2.11. The molecule has 4 heteroatoms. The first kappa shape index (κ1) is 15.5. The van der Waals surface area contributed by atoms with Crippen molar-refractivity contribution in [3.05, 3.63) is 35.9 Å². The van der Waals surface area contributed by atoms with Crippen LogP contribution in [0.15, 0.2) is 30.3 Å². The highest BCUT2D eigenvalue weighted by Gasteiger charge is 2.02. The molecule has 0 radical (unpaired) electrons. The van der Waals surface area contributed by atoms with E-state index < -0.39 is 0 Å². The highest BCUT2D eigenvalue weighted by atomic mass is 32.2. The Morgan fingerprint density at radius 2 is 2.00 bits per heavy atom. The molecule has 1 aromatic carbocycles. The first-order valence-electron chi connectivity index (χ1n) is 6.41. The molecule has 0 aliphatic carbocycles. The largest absolute Gasteiger partial charge is 0.326 e. The number of hydrogen-bond acceptors (Lipinski definition) is 4. The maximum absolute atomic E-state index is 6.06. The number of nitrogens with zero attached hydrogens (tertiary/aromatic N) is 1. The van der Waals surface area contributed by atoms with Crippen LogP contribution < -0.4 is 11.1 Å². The van der Waals surface area contributed by atoms with Gasteiger partial charge in [0.05, 0.1) is 0 Å². The number of hydrogen-bond donors (Lipinski definition) is 2. The molecule has 3 nitrogen and oxygen atoms in total. The van der Waals surface area contributed by atoms with E-state index in [1.165, 1.54) is 5.56 Å². The standard InChI is InChI=1S/C14H25N3S/c1-17(2)9-8-16-10-14(15)12-18-11-13-6-4-3-5-7-13/h3-7,14,16H,8-12,15H2,1-2H3. The van der Waals surface area contributed by atoms with Crippen molar-refractivity contribution >= 4 is 11.8 Å². The fourth-order valence-electron chi connectivity index (χ4n) is 1.55. The first-order chi connectivity index (χ1) is 8.68. The van der Waals surface area contributed by atoms with E-state index in [9.17, 15) is 0 Å². The van der Waals surface area contributed by atoms with Gasteiger partial charge < -0.3 is 16.0 Å². The van der Waals surface area contributed by atoms with Crippen LogP contribution >= 0.6 is 11.8 Å². The normalized spacial score (nSPS) is 12.9. The zero-order valence-electron chi connectivity index (χ0n) is 11.4. The van der Waals surface area contributed by atoms with Crippen LogP contribution in [0, 0.1) is 0 Å². The second-order valence-corrected chi connectivity index (χ2v) is 5.80. The molecule has 3 N–H and O–H groups in total. The van der Waals surface area contributed by atoms with Crippen LogP contribution in [0.25, 0.3) is 0 Å². The predicted octanol–water partition coefficient (Wildman–Crippen LogP) is 1.40. The molecule has 102 valence electrons. The molecule has 18 heavy (non-hydrogen) atoms. The number of thioether (sulfide) groups is 1. The Hall–Kier alpha value is -0.550. The molecular weight excluding hydrogens is 242 g/mol. The van der Waals surface area contributed by atoms with Gasteiger partial charge in [-0.05, 0) is 19.7 Å². The molecule has 0 amide bonds. The average Bonchev–Trinajstić information content (AvgIpc) is 2.36. The fraction of sp³-hybridized carbons (Fsp3) is 0.571. The third-order valence-electron chi connectivity index (χ3n) is 2.59. The SMILES string of the molecule is CN(C)CCNCC(N)CSCc1ccccc1. The molecule has 0 spiro atoms. The van der Waals surface area contributed by atoms with Crippen LogP contribution in [0.1, 0.15) is 5.56 Å². The van der Waals surface area contributed by atoms with E-state index in [1.807, 2.05) is 11.8 Å². The second kappa shape index (κ2) is 9.39. The lowest BCUT2D eigenvalue weighted by molar-refractivity contribution is 0.398. The van der Waals surface area contributed by atoms with Gasteiger partial charge in [-0.1, -0.05) is 30.3 Å². The first-order valence-corrected chi connectivity index (χ1v) is 7.56. The zero-order chi connectivity index (χ0) is 13.2. The molecule has 0 bridgehead atoms. The summed E-state index contributed by atoms with van der Waals surface area (Å²) in [5.41, 5.74) is 7.43. The van der Waals surface area contributed by atoms with Crippen molar-refractivity contribution in [3.8, 4) is 0 Å². The van der Waals surface area contributed by atoms with Crippen molar-refractivity contribution in [2.75, 3.05) is 39.5 Å². The molecule has 0 aliphatic heterocycles. The highest BCUT2D eigenvalue weighted by molar-refractivity contribution is 7.98. The van der Waals surface area contributed by atoms with Crippen LogP contribution in [0.5, 0.6) is 0 Å². The Kier molecular flexibility index (Phi) is 8.09. The van der Waals surface area contributed by atoms with Gasteiger partial charge in [0.2, 0.25) is 0 Å². The molecule has 1 aromatic rings. The molecule has 0 heterocycles. The Bertz CT molecular complexity index is 303. The summed E-state index contributed by atoms with van der Waals surface area (Å²) in [7, 11) is 4.16. The summed E-state index contributed by atoms with van der Waals surface area (Å²) < 4.78 is 0. The van der Waals surface area contributed by atoms with E-state index in [-0.39, 0.29) is 6.04 Å². The van der Waals surface area contributed by atoms with Crippen molar-refractivity contribution in [2.24, 2.45) is 5.73 Å². The van der Waals surface area contributed by atoms with Crippen LogP contribution in [0.3, 0.4) is 0 Å². The number of rotatable bonds is 9. The summed E-state index contributed by atoms with van der Waals surface area (Å²) in [5, 5.41) is 3.39. The van der Waals surface area contributed by atoms with Gasteiger partial charge in [0.15, 0.2) is 0 Å². The molecule has 0 aromatic heterocycles. The molecule has 0 saturated carbocycles. The number of likely N-dealkylation sites (N-methyl/N-ethyl adjacent to an activating group) is 1. The van der Waals surface area contributed by atoms with Crippen molar-refractivity contribution in [1.29, 1.82) is 0 Å². The van der Waals surface area contributed by atoms with Gasteiger partial charge in [-0.2, -0.15) is 11.8 Å². The summed E-state index contributed by atoms with van der Waals surface area (Å²) in [4.78, 5) is 2.17. The molecule has 1 atom stereocenters. The van der Waals surface area contributed by atoms with Crippen LogP contribution in [0.4, 0.5) is 0 Å². The van der Waals surface area contributed by atoms with Gasteiger partial charge in [0.25, 0.3) is 0 Å². The number of benzene rings is 1. The zero-order valence-corrected chi connectivity index (χ0v) is 12.2. The average molecular weight is 267 g/mol. The maximum Gasteiger partial charge on any atom is 0.0257 e. The Balaban J connectivity index is 2.01. The van der Waals surface area contributed by atoms with Crippen molar-refractivity contribution in [3.63, 3.8) is 0 Å². The molecule has 0 saturated heterocycles. The Morgan fingerprint density at radius 3 is 2.67 bits per heavy atom. The van der Waals surface area contributed by atoms with E-state index in [0.717, 1.165) is 31.1 Å². The minimum Gasteiger partial charge on any atom is -0.326 e. The van der Waals surface area contributed by atoms with Gasteiger partial charge in [0.1, 0.15) is 0 Å². The van der Waals surface area contributed by atoms with Crippen molar-refractivity contribution in [2.45, 2.75) is 11.8 Å². The third-order valence-corrected chi connectivity index (χ3v) is 3.79. The van der Waals surface area contributed by atoms with Gasteiger partial charge in [0, 0.05) is 37.2 Å². The quantitative estimate of drug-likeness (QED) is 0.664. The Morgan fingerprint density at radius 1 is 1.28 bits per heavy atom. The maximum atomic E-state index is 6.06. The van der Waals surface area contributed by atoms with E-state index in [0.29, 0.717) is 0 Å². The lowest BCUT2D eigenvalue weighted by atomic mass is 10.2. The van der Waals surface area contributed by atoms with Crippen molar-refractivity contribution < 1.29 is 0 Å². The van der Waals surface area contributed by atoms with Gasteiger partial charge in [-0.15, -0.1) is 0 Å². The monoisotopic (exact) mass is 267 g/mol. The van der Waals surface area contributed by atoms with Gasteiger partial charge in [-0.25, -0.2) is 0 Å². The molecule has 1 unspecified atom stereocenters. The summed E-state index contributed by atoms with van der Waals surface area (Å²) in [5.74, 6) is 2.05. The third kappa shape index (κ3) is 7.71. The number of nitrogens with two attached hydrogens (primary N) is 1. The van der Waals surface area contributed by atoms with Gasteiger partial charge >= 0.3 is 0 Å². The smallest absolute Gasteiger partial charge is 0.0257 e. The topological polar surface area (TPSA) is 41.3 Å². The minimum atomic E-state index is 0.237. The molecule has 0 fully saturated rings. The van der Waals surface area contributed by atoms with Crippen LogP contribution in [-0.4, -0.2) is 50.4 Å². The Labute approximate surface area is 115 Å². The number of nitrogens with one attached hydrogen (secondary N) is 1. The van der Waals surface area contributed by atoms with E-state index >= 15 is 0 Å². The summed E-state index contributed by atoms with van der Waals surface area (Å²) in [6.07, 6.45) is 0. The van der Waals surface area contributed by atoms with E-state index in [1.54, 1.807) is 0 Å². The molecule has 0 aliphatic rings. The lowest BCUT2D eigenvalue weighted by Gasteiger charge is -2.14. The fourth-order valence-corrected chi connectivity index (χ4v) is 2.52. The van der Waals surface area contributed by atoms with Crippen LogP contribution in [0.2, 0.25) is 0 Å². The van der Waals surface area contributed by atoms with E-state index in [4.69, 9.17) is 5.73 Å². The summed E-state index contributed by atoms with van der Waals surface area (Å²) in [6, 6.07) is 10.8. The van der Waals surface area contributed by atoms with E-state index in [2.05, 4.69) is 54.6 Å². The molecule has 1 rings (SSSR count). The van der Waals surface area contributed by atoms with Crippen molar-refractivity contribution in [1.82, 2.24) is 10.2 Å². The minimum absolute atomic E-state index is 0.237. The second-order valence-electron chi connectivity index (χ2n) is 4.77. The predicted molar refractivity (Wildman–Crippen MR) is 82.0 cm³/mol. The van der Waals surface area contributed by atoms with Gasteiger partial charge in [-0.3, -0.25) is 0 Å². The molecular formula is C14H25N3S. The van der Waals surface area contributed by atoms with Crippen LogP contribution in [-0.2, 0) is 5.75 Å². The summed E-state index contributed by atoms with van der Waals surface area (Å²) in [6.45, 7) is 2.96. The summed E-state index contributed by atoms with van der Waals surface area (Å²) >= 11 is 1.90. The lowest BCUT2D eigenvalue weighted by Crippen LogP contribution is -2.38.